The molecule has 0 aliphatic carbocycles. The highest BCUT2D eigenvalue weighted by Crippen LogP contribution is 2.36. The van der Waals surface area contributed by atoms with E-state index in [0.29, 0.717) is 5.41 Å². The lowest BCUT2D eigenvalue weighted by molar-refractivity contribution is 0.521. The molecule has 1 N–H and O–H groups in total. The summed E-state index contributed by atoms with van der Waals surface area (Å²) >= 11 is 4.00. The standard InChI is InChI=1S/C9H16N2S2/c1-9(2-4-12-6-9)8-10-3-5-13-7-11-8/h2-7H2,1H3,(H,10,11). The second-order valence-electron chi connectivity index (χ2n) is 3.82. The molecular formula is C9H16N2S2. The van der Waals surface area contributed by atoms with Gasteiger partial charge in [0.15, 0.2) is 0 Å². The van der Waals surface area contributed by atoms with Gasteiger partial charge in [-0.25, -0.2) is 0 Å². The Labute approximate surface area is 88.3 Å². The van der Waals surface area contributed by atoms with Gasteiger partial charge in [-0.05, 0) is 12.2 Å². The van der Waals surface area contributed by atoms with Gasteiger partial charge in [-0.15, -0.1) is 11.8 Å². The molecule has 2 aliphatic heterocycles. The molecule has 0 bridgehead atoms. The van der Waals surface area contributed by atoms with Crippen LogP contribution in [-0.2, 0) is 0 Å². The minimum atomic E-state index is 0.343. The molecule has 0 aromatic heterocycles. The smallest absolute Gasteiger partial charge is 0.104 e. The Hall–Kier alpha value is 0.170. The molecule has 0 amide bonds. The van der Waals surface area contributed by atoms with Crippen molar-refractivity contribution in [2.24, 2.45) is 10.4 Å². The third-order valence-electron chi connectivity index (χ3n) is 2.64. The average molecular weight is 216 g/mol. The monoisotopic (exact) mass is 216 g/mol. The first-order valence-electron chi connectivity index (χ1n) is 4.76. The Morgan fingerprint density at radius 1 is 1.38 bits per heavy atom. The highest BCUT2D eigenvalue weighted by Gasteiger charge is 2.34. The molecule has 0 spiro atoms. The highest BCUT2D eigenvalue weighted by atomic mass is 32.2. The van der Waals surface area contributed by atoms with Crippen molar-refractivity contribution >= 4 is 29.4 Å². The summed E-state index contributed by atoms with van der Waals surface area (Å²) in [4.78, 5) is 4.65. The Balaban J connectivity index is 2.08. The summed E-state index contributed by atoms with van der Waals surface area (Å²) in [6, 6.07) is 0. The van der Waals surface area contributed by atoms with Crippen molar-refractivity contribution in [1.29, 1.82) is 0 Å². The normalized spacial score (nSPS) is 35.0. The Bertz CT molecular complexity index is 210. The molecular weight excluding hydrogens is 200 g/mol. The summed E-state index contributed by atoms with van der Waals surface area (Å²) in [6.45, 7) is 3.34. The number of hydrogen-bond acceptors (Lipinski definition) is 4. The number of hydrogen-bond donors (Lipinski definition) is 1. The topological polar surface area (TPSA) is 24.4 Å². The van der Waals surface area contributed by atoms with Gasteiger partial charge in [-0.2, -0.15) is 11.8 Å². The van der Waals surface area contributed by atoms with Crippen molar-refractivity contribution in [2.45, 2.75) is 13.3 Å². The minimum absolute atomic E-state index is 0.343. The molecule has 2 heterocycles. The molecule has 1 fully saturated rings. The fraction of sp³-hybridized carbons (Fsp3) is 0.889. The zero-order chi connectivity index (χ0) is 9.15. The fourth-order valence-electron chi connectivity index (χ4n) is 1.73. The van der Waals surface area contributed by atoms with E-state index >= 15 is 0 Å². The van der Waals surface area contributed by atoms with Gasteiger partial charge < -0.3 is 5.32 Å². The quantitative estimate of drug-likeness (QED) is 0.723. The van der Waals surface area contributed by atoms with Crippen molar-refractivity contribution < 1.29 is 0 Å². The molecule has 4 heteroatoms. The second kappa shape index (κ2) is 4.13. The third kappa shape index (κ3) is 2.15. The molecule has 13 heavy (non-hydrogen) atoms. The van der Waals surface area contributed by atoms with Crippen molar-refractivity contribution in [2.75, 3.05) is 29.7 Å². The molecule has 0 aromatic carbocycles. The van der Waals surface area contributed by atoms with Gasteiger partial charge in [0.2, 0.25) is 0 Å². The summed E-state index contributed by atoms with van der Waals surface area (Å²) in [5.74, 6) is 6.01. The molecule has 0 radical (unpaired) electrons. The van der Waals surface area contributed by atoms with E-state index < -0.39 is 0 Å². The van der Waals surface area contributed by atoms with Crippen molar-refractivity contribution in [1.82, 2.24) is 5.32 Å². The first-order valence-corrected chi connectivity index (χ1v) is 7.06. The predicted molar refractivity (Wildman–Crippen MR) is 62.8 cm³/mol. The van der Waals surface area contributed by atoms with Crippen LogP contribution < -0.4 is 5.32 Å². The summed E-state index contributed by atoms with van der Waals surface area (Å²) in [7, 11) is 0. The van der Waals surface area contributed by atoms with Gasteiger partial charge in [-0.1, -0.05) is 6.92 Å². The van der Waals surface area contributed by atoms with E-state index in [1.165, 1.54) is 29.5 Å². The number of amidine groups is 1. The van der Waals surface area contributed by atoms with Gasteiger partial charge in [-0.3, -0.25) is 4.99 Å². The van der Waals surface area contributed by atoms with Crippen LogP contribution in [0.15, 0.2) is 4.99 Å². The molecule has 1 atom stereocenters. The maximum Gasteiger partial charge on any atom is 0.104 e. The van der Waals surface area contributed by atoms with E-state index in [9.17, 15) is 0 Å². The van der Waals surface area contributed by atoms with Crippen LogP contribution in [0.3, 0.4) is 0 Å². The SMILES string of the molecule is CC1(C2=NCCSCN2)CCSC1. The zero-order valence-corrected chi connectivity index (χ0v) is 9.64. The lowest BCUT2D eigenvalue weighted by atomic mass is 9.88. The van der Waals surface area contributed by atoms with E-state index in [4.69, 9.17) is 0 Å². The van der Waals surface area contributed by atoms with Gasteiger partial charge in [0.1, 0.15) is 5.84 Å². The number of aliphatic imine (C=N–C) groups is 1. The van der Waals surface area contributed by atoms with Crippen LogP contribution in [0, 0.1) is 5.41 Å². The van der Waals surface area contributed by atoms with E-state index in [0.717, 1.165) is 12.4 Å². The van der Waals surface area contributed by atoms with Crippen LogP contribution in [0.1, 0.15) is 13.3 Å². The van der Waals surface area contributed by atoms with E-state index in [-0.39, 0.29) is 0 Å². The van der Waals surface area contributed by atoms with E-state index in [1.54, 1.807) is 0 Å². The molecule has 1 saturated heterocycles. The number of nitrogens with zero attached hydrogens (tertiary/aromatic N) is 1. The Kier molecular flexibility index (Phi) is 3.09. The molecule has 1 unspecified atom stereocenters. The Morgan fingerprint density at radius 3 is 3.08 bits per heavy atom. The fourth-order valence-corrected chi connectivity index (χ4v) is 3.80. The van der Waals surface area contributed by atoms with E-state index in [2.05, 4.69) is 29.0 Å². The summed E-state index contributed by atoms with van der Waals surface area (Å²) in [6.07, 6.45) is 1.29. The first kappa shape index (κ1) is 9.71. The van der Waals surface area contributed by atoms with Crippen LogP contribution in [0.4, 0.5) is 0 Å². The molecule has 0 aromatic rings. The molecule has 2 nitrogen and oxygen atoms in total. The number of thioether (sulfide) groups is 2. The van der Waals surface area contributed by atoms with Crippen molar-refractivity contribution in [3.05, 3.63) is 0 Å². The zero-order valence-electron chi connectivity index (χ0n) is 8.01. The lowest BCUT2D eigenvalue weighted by Gasteiger charge is -2.25. The minimum Gasteiger partial charge on any atom is -0.364 e. The highest BCUT2D eigenvalue weighted by molar-refractivity contribution is 7.99. The summed E-state index contributed by atoms with van der Waals surface area (Å²) < 4.78 is 0. The van der Waals surface area contributed by atoms with Crippen LogP contribution >= 0.6 is 23.5 Å². The van der Waals surface area contributed by atoms with Gasteiger partial charge in [0, 0.05) is 16.9 Å². The lowest BCUT2D eigenvalue weighted by Crippen LogP contribution is -2.38. The van der Waals surface area contributed by atoms with Gasteiger partial charge in [0.25, 0.3) is 0 Å². The summed E-state index contributed by atoms with van der Waals surface area (Å²) in [5.41, 5.74) is 0.343. The summed E-state index contributed by atoms with van der Waals surface area (Å²) in [5, 5.41) is 3.46. The van der Waals surface area contributed by atoms with Crippen LogP contribution in [0.25, 0.3) is 0 Å². The van der Waals surface area contributed by atoms with Crippen LogP contribution in [0.5, 0.6) is 0 Å². The van der Waals surface area contributed by atoms with Crippen LogP contribution in [0.2, 0.25) is 0 Å². The number of rotatable bonds is 1. The largest absolute Gasteiger partial charge is 0.364 e. The Morgan fingerprint density at radius 2 is 2.31 bits per heavy atom. The van der Waals surface area contributed by atoms with Crippen molar-refractivity contribution in [3.8, 4) is 0 Å². The number of nitrogens with one attached hydrogen (secondary N) is 1. The molecule has 2 aliphatic rings. The van der Waals surface area contributed by atoms with Gasteiger partial charge >= 0.3 is 0 Å². The van der Waals surface area contributed by atoms with E-state index in [1.807, 2.05) is 11.8 Å². The maximum absolute atomic E-state index is 4.65. The first-order chi connectivity index (χ1) is 6.31. The average Bonchev–Trinajstić information content (AvgIpc) is 2.44. The predicted octanol–water partition coefficient (Wildman–Crippen LogP) is 1.82. The van der Waals surface area contributed by atoms with Gasteiger partial charge in [0.05, 0.1) is 12.4 Å². The van der Waals surface area contributed by atoms with Crippen molar-refractivity contribution in [3.63, 3.8) is 0 Å². The third-order valence-corrected chi connectivity index (χ3v) is 4.79. The second-order valence-corrected chi connectivity index (χ2v) is 6.03. The van der Waals surface area contributed by atoms with Crippen LogP contribution in [-0.4, -0.2) is 35.5 Å². The molecule has 74 valence electrons. The maximum atomic E-state index is 4.65. The molecule has 2 rings (SSSR count). The molecule has 0 saturated carbocycles.